The Labute approximate surface area is 82.7 Å². The van der Waals surface area contributed by atoms with Crippen molar-refractivity contribution in [3.8, 4) is 0 Å². The molecule has 0 unspecified atom stereocenters. The van der Waals surface area contributed by atoms with E-state index in [1.807, 2.05) is 20.8 Å². The number of carboxylic acid groups (broad SMARTS) is 1. The number of carbonyl (C=O) groups is 1. The number of nitrogens with zero attached hydrogens (tertiary/aromatic N) is 3. The average Bonchev–Trinajstić information content (AvgIpc) is 2.46. The molecule has 0 amide bonds. The minimum atomic E-state index is -0.866. The molecule has 1 aromatic heterocycles. The third kappa shape index (κ3) is 2.10. The summed E-state index contributed by atoms with van der Waals surface area (Å²) in [6.45, 7) is 6.71. The van der Waals surface area contributed by atoms with Crippen LogP contribution in [0.2, 0.25) is 0 Å². The van der Waals surface area contributed by atoms with Crippen LogP contribution in [0.5, 0.6) is 0 Å². The highest BCUT2D eigenvalue weighted by Gasteiger charge is 2.17. The van der Waals surface area contributed by atoms with E-state index in [0.29, 0.717) is 5.69 Å². The van der Waals surface area contributed by atoms with Crippen molar-refractivity contribution in [2.24, 2.45) is 0 Å². The molecule has 1 rings (SSSR count). The highest BCUT2D eigenvalue weighted by molar-refractivity contribution is 5.69. The fourth-order valence-electron chi connectivity index (χ4n) is 1.49. The number of rotatable bonds is 4. The number of hydrogen-bond donors (Lipinski definition) is 1. The SMILES string of the molecule is CCn1nnc(CC(=O)O)c1C(C)C. The molecular formula is C9H15N3O2. The first kappa shape index (κ1) is 10.7. The van der Waals surface area contributed by atoms with Crippen molar-refractivity contribution in [1.82, 2.24) is 15.0 Å². The van der Waals surface area contributed by atoms with Gasteiger partial charge in [0.15, 0.2) is 0 Å². The van der Waals surface area contributed by atoms with E-state index in [4.69, 9.17) is 5.11 Å². The monoisotopic (exact) mass is 197 g/mol. The molecule has 0 aromatic carbocycles. The van der Waals surface area contributed by atoms with Gasteiger partial charge in [0.2, 0.25) is 0 Å². The number of aromatic nitrogens is 3. The molecule has 0 spiro atoms. The molecule has 0 fully saturated rings. The van der Waals surface area contributed by atoms with E-state index in [9.17, 15) is 4.79 Å². The Morgan fingerprint density at radius 1 is 1.57 bits per heavy atom. The first-order valence-corrected chi connectivity index (χ1v) is 4.70. The summed E-state index contributed by atoms with van der Waals surface area (Å²) in [5.41, 5.74) is 1.50. The summed E-state index contributed by atoms with van der Waals surface area (Å²) in [6.07, 6.45) is -0.0481. The molecule has 5 heteroatoms. The van der Waals surface area contributed by atoms with Crippen LogP contribution in [0.1, 0.15) is 38.1 Å². The second kappa shape index (κ2) is 4.21. The van der Waals surface area contributed by atoms with Crippen molar-refractivity contribution in [3.63, 3.8) is 0 Å². The van der Waals surface area contributed by atoms with Gasteiger partial charge in [0.1, 0.15) is 0 Å². The van der Waals surface area contributed by atoms with Crippen molar-refractivity contribution < 1.29 is 9.90 Å². The normalized spacial score (nSPS) is 10.9. The van der Waals surface area contributed by atoms with Gasteiger partial charge in [-0.3, -0.25) is 4.79 Å². The average molecular weight is 197 g/mol. The molecule has 0 aliphatic carbocycles. The van der Waals surface area contributed by atoms with Gasteiger partial charge in [-0.15, -0.1) is 5.10 Å². The molecule has 0 saturated heterocycles. The van der Waals surface area contributed by atoms with Gasteiger partial charge in [-0.1, -0.05) is 19.1 Å². The van der Waals surface area contributed by atoms with E-state index in [1.54, 1.807) is 4.68 Å². The fourth-order valence-corrected chi connectivity index (χ4v) is 1.49. The van der Waals surface area contributed by atoms with E-state index < -0.39 is 5.97 Å². The van der Waals surface area contributed by atoms with Crippen molar-refractivity contribution >= 4 is 5.97 Å². The summed E-state index contributed by atoms with van der Waals surface area (Å²) in [7, 11) is 0. The molecule has 1 heterocycles. The summed E-state index contributed by atoms with van der Waals surface area (Å²) >= 11 is 0. The van der Waals surface area contributed by atoms with E-state index in [0.717, 1.165) is 12.2 Å². The van der Waals surface area contributed by atoms with E-state index >= 15 is 0 Å². The first-order valence-electron chi connectivity index (χ1n) is 4.70. The zero-order valence-corrected chi connectivity index (χ0v) is 8.69. The molecule has 1 N–H and O–H groups in total. The maximum Gasteiger partial charge on any atom is 0.309 e. The summed E-state index contributed by atoms with van der Waals surface area (Å²) < 4.78 is 1.75. The predicted molar refractivity (Wildman–Crippen MR) is 51.1 cm³/mol. The maximum absolute atomic E-state index is 10.6. The zero-order chi connectivity index (χ0) is 10.7. The van der Waals surface area contributed by atoms with Gasteiger partial charge in [0, 0.05) is 6.54 Å². The Morgan fingerprint density at radius 2 is 2.21 bits per heavy atom. The number of carboxylic acids is 1. The molecule has 0 bridgehead atoms. The molecule has 0 atom stereocenters. The summed E-state index contributed by atoms with van der Waals surface area (Å²) in [4.78, 5) is 10.6. The largest absolute Gasteiger partial charge is 0.481 e. The highest BCUT2D eigenvalue weighted by atomic mass is 16.4. The second-order valence-corrected chi connectivity index (χ2v) is 3.46. The number of hydrogen-bond acceptors (Lipinski definition) is 3. The molecule has 14 heavy (non-hydrogen) atoms. The van der Waals surface area contributed by atoms with Crippen molar-refractivity contribution in [1.29, 1.82) is 0 Å². The van der Waals surface area contributed by atoms with Crippen LogP contribution in [0.3, 0.4) is 0 Å². The summed E-state index contributed by atoms with van der Waals surface area (Å²) in [6, 6.07) is 0. The van der Waals surface area contributed by atoms with Gasteiger partial charge in [-0.2, -0.15) is 0 Å². The number of aliphatic carboxylic acids is 1. The summed E-state index contributed by atoms with van der Waals surface area (Å²) in [5.74, 6) is -0.616. The van der Waals surface area contributed by atoms with Crippen molar-refractivity contribution in [3.05, 3.63) is 11.4 Å². The van der Waals surface area contributed by atoms with Crippen LogP contribution in [0.25, 0.3) is 0 Å². The van der Waals surface area contributed by atoms with Crippen LogP contribution < -0.4 is 0 Å². The highest BCUT2D eigenvalue weighted by Crippen LogP contribution is 2.17. The van der Waals surface area contributed by atoms with Gasteiger partial charge in [0.25, 0.3) is 0 Å². The van der Waals surface area contributed by atoms with Gasteiger partial charge >= 0.3 is 5.97 Å². The summed E-state index contributed by atoms with van der Waals surface area (Å²) in [5, 5.41) is 16.5. The first-order chi connectivity index (χ1) is 6.56. The van der Waals surface area contributed by atoms with Gasteiger partial charge < -0.3 is 5.11 Å². The van der Waals surface area contributed by atoms with Crippen LogP contribution in [0.4, 0.5) is 0 Å². The van der Waals surface area contributed by atoms with E-state index in [2.05, 4.69) is 10.3 Å². The van der Waals surface area contributed by atoms with Crippen LogP contribution in [0, 0.1) is 0 Å². The van der Waals surface area contributed by atoms with Crippen LogP contribution >= 0.6 is 0 Å². The molecule has 5 nitrogen and oxygen atoms in total. The zero-order valence-electron chi connectivity index (χ0n) is 8.69. The van der Waals surface area contributed by atoms with E-state index in [-0.39, 0.29) is 12.3 Å². The Kier molecular flexibility index (Phi) is 3.22. The van der Waals surface area contributed by atoms with E-state index in [1.165, 1.54) is 0 Å². The predicted octanol–water partition coefficient (Wildman–Crippen LogP) is 1.05. The molecule has 1 aromatic rings. The molecule has 78 valence electrons. The van der Waals surface area contributed by atoms with Gasteiger partial charge in [-0.05, 0) is 12.8 Å². The molecule has 0 saturated carbocycles. The minimum Gasteiger partial charge on any atom is -0.481 e. The topological polar surface area (TPSA) is 68.0 Å². The quantitative estimate of drug-likeness (QED) is 0.783. The van der Waals surface area contributed by atoms with Crippen molar-refractivity contribution in [2.75, 3.05) is 0 Å². The molecular weight excluding hydrogens is 182 g/mol. The maximum atomic E-state index is 10.6. The smallest absolute Gasteiger partial charge is 0.309 e. The Balaban J connectivity index is 3.04. The molecule has 0 aliphatic heterocycles. The fraction of sp³-hybridized carbons (Fsp3) is 0.667. The van der Waals surface area contributed by atoms with Crippen LogP contribution in [-0.4, -0.2) is 26.1 Å². The van der Waals surface area contributed by atoms with Crippen molar-refractivity contribution in [2.45, 2.75) is 39.7 Å². The lowest BCUT2D eigenvalue weighted by Crippen LogP contribution is -2.08. The Bertz CT molecular complexity index is 331. The Morgan fingerprint density at radius 3 is 2.64 bits per heavy atom. The third-order valence-corrected chi connectivity index (χ3v) is 2.01. The second-order valence-electron chi connectivity index (χ2n) is 3.46. The minimum absolute atomic E-state index is 0.0481. The molecule has 0 radical (unpaired) electrons. The third-order valence-electron chi connectivity index (χ3n) is 2.01. The van der Waals surface area contributed by atoms with Gasteiger partial charge in [0.05, 0.1) is 17.8 Å². The van der Waals surface area contributed by atoms with Gasteiger partial charge in [-0.25, -0.2) is 4.68 Å². The lowest BCUT2D eigenvalue weighted by Gasteiger charge is -2.08. The standard InChI is InChI=1S/C9H15N3O2/c1-4-12-9(6(2)3)7(10-11-12)5-8(13)14/h6H,4-5H2,1-3H3,(H,13,14). The lowest BCUT2D eigenvalue weighted by atomic mass is 10.1. The van der Waals surface area contributed by atoms with Crippen LogP contribution in [0.15, 0.2) is 0 Å². The van der Waals surface area contributed by atoms with Crippen LogP contribution in [-0.2, 0) is 17.8 Å². The Hall–Kier alpha value is -1.39. The number of aryl methyl sites for hydroxylation is 1. The molecule has 0 aliphatic rings. The lowest BCUT2D eigenvalue weighted by molar-refractivity contribution is -0.136.